The second kappa shape index (κ2) is 13.7. The number of likely N-dealkylation sites (tertiary alicyclic amines) is 1. The maximum atomic E-state index is 15.6. The summed E-state index contributed by atoms with van der Waals surface area (Å²) in [6.45, 7) is 2.01. The number of pyridine rings is 1. The van der Waals surface area contributed by atoms with Crippen LogP contribution in [0.25, 0.3) is 10.9 Å². The topological polar surface area (TPSA) is 62.7 Å². The number of hydrogen-bond acceptors (Lipinski definition) is 4. The number of piperidine rings is 1. The lowest BCUT2D eigenvalue weighted by atomic mass is 9.79. The van der Waals surface area contributed by atoms with Gasteiger partial charge >= 0.3 is 5.97 Å². The molecule has 2 heterocycles. The molecule has 1 saturated heterocycles. The first-order chi connectivity index (χ1) is 18.7. The van der Waals surface area contributed by atoms with Crippen LogP contribution in [0.4, 0.5) is 4.39 Å². The number of alkyl halides is 1. The number of ether oxygens (including phenoxy) is 1. The van der Waals surface area contributed by atoms with Crippen molar-refractivity contribution < 1.29 is 19.0 Å². The van der Waals surface area contributed by atoms with Crippen molar-refractivity contribution in [2.75, 3.05) is 26.7 Å². The molecule has 1 aliphatic rings. The number of hydrogen-bond donors (Lipinski definition) is 1. The fraction of sp³-hybridized carbons (Fsp3) is 0.400. The van der Waals surface area contributed by atoms with Crippen molar-refractivity contribution in [3.63, 3.8) is 0 Å². The Morgan fingerprint density at radius 3 is 2.67 bits per heavy atom. The summed E-state index contributed by atoms with van der Waals surface area (Å²) in [6, 6.07) is 10.4. The summed E-state index contributed by atoms with van der Waals surface area (Å²) in [4.78, 5) is 17.9. The van der Waals surface area contributed by atoms with E-state index in [4.69, 9.17) is 39.5 Å². The molecule has 5 nitrogen and oxygen atoms in total. The van der Waals surface area contributed by atoms with Gasteiger partial charge < -0.3 is 9.84 Å². The van der Waals surface area contributed by atoms with Crippen LogP contribution in [0.3, 0.4) is 0 Å². The third kappa shape index (κ3) is 7.77. The van der Waals surface area contributed by atoms with Crippen LogP contribution in [0.1, 0.15) is 49.4 Å². The summed E-state index contributed by atoms with van der Waals surface area (Å²) in [6.07, 6.45) is 3.01. The Morgan fingerprint density at radius 2 is 1.95 bits per heavy atom. The average molecular weight is 592 g/mol. The predicted octanol–water partition coefficient (Wildman–Crippen LogP) is 7.85. The number of aliphatic carboxylic acids is 1. The van der Waals surface area contributed by atoms with Gasteiger partial charge in [-0.25, -0.2) is 4.39 Å². The van der Waals surface area contributed by atoms with Crippen LogP contribution in [-0.2, 0) is 4.79 Å². The molecule has 3 aromatic rings. The lowest BCUT2D eigenvalue weighted by Gasteiger charge is -2.38. The summed E-state index contributed by atoms with van der Waals surface area (Å²) >= 11 is 18.5. The van der Waals surface area contributed by atoms with Crippen LogP contribution in [0.5, 0.6) is 5.75 Å². The molecule has 39 heavy (non-hydrogen) atoms. The van der Waals surface area contributed by atoms with Gasteiger partial charge in [0.1, 0.15) is 11.9 Å². The van der Waals surface area contributed by atoms with Gasteiger partial charge in [-0.1, -0.05) is 46.6 Å². The molecule has 4 rings (SSSR count). The fourth-order valence-electron chi connectivity index (χ4n) is 5.28. The molecule has 3 atom stereocenters. The van der Waals surface area contributed by atoms with E-state index in [2.05, 4.69) is 21.7 Å². The molecule has 1 fully saturated rings. The number of carbonyl (C=O) groups is 1. The minimum Gasteiger partial charge on any atom is -0.497 e. The lowest BCUT2D eigenvalue weighted by molar-refractivity contribution is -0.137. The van der Waals surface area contributed by atoms with Gasteiger partial charge in [0.05, 0.1) is 34.8 Å². The van der Waals surface area contributed by atoms with Gasteiger partial charge in [0.25, 0.3) is 0 Å². The van der Waals surface area contributed by atoms with E-state index in [1.54, 1.807) is 31.5 Å². The van der Waals surface area contributed by atoms with E-state index in [-0.39, 0.29) is 18.3 Å². The van der Waals surface area contributed by atoms with Crippen molar-refractivity contribution in [1.82, 2.24) is 9.88 Å². The van der Waals surface area contributed by atoms with E-state index in [1.807, 2.05) is 18.2 Å². The van der Waals surface area contributed by atoms with Crippen molar-refractivity contribution in [2.24, 2.45) is 11.8 Å². The van der Waals surface area contributed by atoms with Gasteiger partial charge in [0, 0.05) is 29.6 Å². The molecule has 0 radical (unpaired) electrons. The smallest absolute Gasteiger partial charge is 0.303 e. The van der Waals surface area contributed by atoms with Gasteiger partial charge in [-0.2, -0.15) is 0 Å². The first-order valence-corrected chi connectivity index (χ1v) is 14.0. The third-order valence-electron chi connectivity index (χ3n) is 7.34. The highest BCUT2D eigenvalue weighted by atomic mass is 35.5. The highest BCUT2D eigenvalue weighted by molar-refractivity contribution is 6.39. The minimum atomic E-state index is -1.15. The molecule has 9 heteroatoms. The van der Waals surface area contributed by atoms with Crippen LogP contribution < -0.4 is 4.74 Å². The van der Waals surface area contributed by atoms with E-state index in [0.717, 1.165) is 23.9 Å². The zero-order valence-electron chi connectivity index (χ0n) is 21.6. The molecule has 206 valence electrons. The standard InChI is InChI=1S/C30H30Cl3FN2O3/c1-39-22-6-8-29-25(17-22)23(10-12-35-29)28(34)7-4-19-11-14-36(18-20(19)5-9-30(37)38)13-2-3-24-26(32)15-21(31)16-27(24)33/h6,8,10,12,15-17,19-20,28H,4-5,7,9,11,13-14,18H2,1H3,(H,37,38)/t19?,20?,28-/m0/s1. The van der Waals surface area contributed by atoms with Crippen LogP contribution >= 0.6 is 34.8 Å². The van der Waals surface area contributed by atoms with E-state index in [0.29, 0.717) is 64.3 Å². The molecule has 0 bridgehead atoms. The van der Waals surface area contributed by atoms with Gasteiger partial charge in [-0.3, -0.25) is 14.7 Å². The zero-order valence-corrected chi connectivity index (χ0v) is 23.9. The Hall–Kier alpha value is -2.56. The molecule has 0 spiro atoms. The Morgan fingerprint density at radius 1 is 1.18 bits per heavy atom. The van der Waals surface area contributed by atoms with Crippen LogP contribution in [0, 0.1) is 23.7 Å². The second-order valence-electron chi connectivity index (χ2n) is 9.85. The molecular formula is C30H30Cl3FN2O3. The first-order valence-electron chi connectivity index (χ1n) is 12.9. The second-order valence-corrected chi connectivity index (χ2v) is 11.1. The fourth-order valence-corrected chi connectivity index (χ4v) is 6.19. The Bertz CT molecular complexity index is 1370. The summed E-state index contributed by atoms with van der Waals surface area (Å²) in [5.74, 6) is 6.39. The molecule has 2 aromatic carbocycles. The van der Waals surface area contributed by atoms with Crippen LogP contribution in [-0.4, -0.2) is 47.7 Å². The molecule has 1 aliphatic heterocycles. The Balaban J connectivity index is 1.41. The van der Waals surface area contributed by atoms with Gasteiger partial charge in [-0.15, -0.1) is 0 Å². The van der Waals surface area contributed by atoms with Gasteiger partial charge in [0.15, 0.2) is 0 Å². The average Bonchev–Trinajstić information content (AvgIpc) is 2.91. The predicted molar refractivity (Wildman–Crippen MR) is 155 cm³/mol. The minimum absolute atomic E-state index is 0.0878. The van der Waals surface area contributed by atoms with Crippen LogP contribution in [0.2, 0.25) is 15.1 Å². The number of aromatic nitrogens is 1. The maximum Gasteiger partial charge on any atom is 0.303 e. The number of fused-ring (bicyclic) bond motifs is 1. The van der Waals surface area contributed by atoms with Crippen LogP contribution in [0.15, 0.2) is 42.6 Å². The number of methoxy groups -OCH3 is 1. The molecule has 2 unspecified atom stereocenters. The number of carboxylic acids is 1. The van der Waals surface area contributed by atoms with E-state index in [9.17, 15) is 9.90 Å². The zero-order chi connectivity index (χ0) is 27.9. The first kappa shape index (κ1) is 29.4. The normalized spacial score (nSPS) is 18.4. The molecule has 0 saturated carbocycles. The van der Waals surface area contributed by atoms with Gasteiger partial charge in [0.2, 0.25) is 0 Å². The summed E-state index contributed by atoms with van der Waals surface area (Å²) in [7, 11) is 1.58. The highest BCUT2D eigenvalue weighted by Gasteiger charge is 2.30. The Labute approximate surface area is 243 Å². The number of rotatable bonds is 9. The molecule has 1 aromatic heterocycles. The van der Waals surface area contributed by atoms with Crippen molar-refractivity contribution in [3.05, 3.63) is 68.8 Å². The number of benzene rings is 2. The number of carboxylic acid groups (broad SMARTS) is 1. The highest BCUT2D eigenvalue weighted by Crippen LogP contribution is 2.36. The summed E-state index contributed by atoms with van der Waals surface area (Å²) < 4.78 is 20.9. The Kier molecular flexibility index (Phi) is 10.3. The van der Waals surface area contributed by atoms with Crippen molar-refractivity contribution in [1.29, 1.82) is 0 Å². The quantitative estimate of drug-likeness (QED) is 0.257. The summed E-state index contributed by atoms with van der Waals surface area (Å²) in [5.41, 5.74) is 1.87. The molecule has 0 aliphatic carbocycles. The lowest BCUT2D eigenvalue weighted by Crippen LogP contribution is -2.41. The van der Waals surface area contributed by atoms with E-state index in [1.165, 1.54) is 0 Å². The van der Waals surface area contributed by atoms with E-state index >= 15 is 4.39 Å². The SMILES string of the molecule is COc1ccc2nccc([C@@H](F)CCC3CCN(CC#Cc4c(Cl)cc(Cl)cc4Cl)CC3CCC(=O)O)c2c1. The van der Waals surface area contributed by atoms with E-state index < -0.39 is 12.1 Å². The molecule has 1 N–H and O–H groups in total. The van der Waals surface area contributed by atoms with Crippen molar-refractivity contribution in [3.8, 4) is 17.6 Å². The number of nitrogens with zero attached hydrogens (tertiary/aromatic N) is 2. The maximum absolute atomic E-state index is 15.6. The van der Waals surface area contributed by atoms with Crippen molar-refractivity contribution in [2.45, 2.75) is 38.3 Å². The van der Waals surface area contributed by atoms with Crippen molar-refractivity contribution >= 4 is 51.7 Å². The largest absolute Gasteiger partial charge is 0.497 e. The molecule has 0 amide bonds. The monoisotopic (exact) mass is 590 g/mol. The summed E-state index contributed by atoms with van der Waals surface area (Å²) in [5, 5.41) is 11.3. The molecular weight excluding hydrogens is 562 g/mol. The third-order valence-corrected chi connectivity index (χ3v) is 8.15. The number of halogens is 4. The van der Waals surface area contributed by atoms with Gasteiger partial charge in [-0.05, 0) is 86.0 Å².